The number of rotatable bonds is 3. The fourth-order valence-corrected chi connectivity index (χ4v) is 1.64. The molecule has 0 unspecified atom stereocenters. The van der Waals surface area contributed by atoms with E-state index in [4.69, 9.17) is 5.73 Å². The molecule has 0 aliphatic carbocycles. The summed E-state index contributed by atoms with van der Waals surface area (Å²) in [7, 11) is 0. The molecule has 16 heavy (non-hydrogen) atoms. The lowest BCUT2D eigenvalue weighted by Gasteiger charge is -2.07. The van der Waals surface area contributed by atoms with Crippen molar-refractivity contribution in [1.29, 1.82) is 0 Å². The quantitative estimate of drug-likeness (QED) is 0.839. The van der Waals surface area contributed by atoms with Gasteiger partial charge >= 0.3 is 0 Å². The van der Waals surface area contributed by atoms with Crippen molar-refractivity contribution in [3.63, 3.8) is 0 Å². The van der Waals surface area contributed by atoms with Gasteiger partial charge in [-0.15, -0.1) is 0 Å². The predicted molar refractivity (Wildman–Crippen MR) is 58.1 cm³/mol. The molecule has 3 nitrogen and oxygen atoms in total. The molecule has 2 aromatic rings. The van der Waals surface area contributed by atoms with Crippen LogP contribution in [0.5, 0.6) is 0 Å². The minimum Gasteiger partial charge on any atom is -0.384 e. The molecule has 0 radical (unpaired) electrons. The van der Waals surface area contributed by atoms with Gasteiger partial charge in [-0.25, -0.2) is 8.78 Å². The maximum absolute atomic E-state index is 12.4. The number of alkyl halides is 2. The largest absolute Gasteiger partial charge is 0.384 e. The Bertz CT molecular complexity index is 480. The number of anilines is 1. The van der Waals surface area contributed by atoms with Gasteiger partial charge < -0.3 is 5.73 Å². The van der Waals surface area contributed by atoms with Crippen LogP contribution >= 0.6 is 0 Å². The first-order valence-corrected chi connectivity index (χ1v) is 4.83. The number of hydrogen-bond acceptors (Lipinski definition) is 2. The van der Waals surface area contributed by atoms with Crippen LogP contribution in [0.15, 0.2) is 30.5 Å². The Morgan fingerprint density at radius 2 is 2.00 bits per heavy atom. The van der Waals surface area contributed by atoms with Crippen LogP contribution in [-0.2, 0) is 6.42 Å². The number of aromatic nitrogens is 2. The summed E-state index contributed by atoms with van der Waals surface area (Å²) in [5.41, 5.74) is 7.61. The topological polar surface area (TPSA) is 54.7 Å². The number of nitrogen functional groups attached to an aromatic ring is 1. The summed E-state index contributed by atoms with van der Waals surface area (Å²) in [6.45, 7) is 0. The molecule has 84 valence electrons. The third-order valence-corrected chi connectivity index (χ3v) is 2.35. The van der Waals surface area contributed by atoms with Gasteiger partial charge in [-0.3, -0.25) is 5.10 Å². The van der Waals surface area contributed by atoms with E-state index >= 15 is 0 Å². The lowest BCUT2D eigenvalue weighted by Crippen LogP contribution is -1.99. The van der Waals surface area contributed by atoms with Crippen molar-refractivity contribution in [1.82, 2.24) is 10.2 Å². The van der Waals surface area contributed by atoms with E-state index in [1.54, 1.807) is 30.5 Å². The lowest BCUT2D eigenvalue weighted by atomic mass is 10.00. The number of hydrogen-bond donors (Lipinski definition) is 2. The van der Waals surface area contributed by atoms with Crippen LogP contribution in [0.3, 0.4) is 0 Å². The van der Waals surface area contributed by atoms with Crippen LogP contribution in [0.4, 0.5) is 14.6 Å². The van der Waals surface area contributed by atoms with Crippen LogP contribution in [0.25, 0.3) is 11.1 Å². The van der Waals surface area contributed by atoms with Crippen molar-refractivity contribution in [2.75, 3.05) is 5.73 Å². The highest BCUT2D eigenvalue weighted by molar-refractivity contribution is 5.75. The monoisotopic (exact) mass is 223 g/mol. The fourth-order valence-electron chi connectivity index (χ4n) is 1.64. The van der Waals surface area contributed by atoms with Gasteiger partial charge in [0.1, 0.15) is 5.82 Å². The molecular weight excluding hydrogens is 212 g/mol. The van der Waals surface area contributed by atoms with E-state index in [1.807, 2.05) is 0 Å². The molecule has 0 fully saturated rings. The summed E-state index contributed by atoms with van der Waals surface area (Å²) >= 11 is 0. The number of nitrogens with two attached hydrogens (primary N) is 1. The minimum absolute atomic E-state index is 0.277. The second-order valence-electron chi connectivity index (χ2n) is 3.45. The summed E-state index contributed by atoms with van der Waals surface area (Å²) < 4.78 is 24.8. The number of benzene rings is 1. The van der Waals surface area contributed by atoms with Gasteiger partial charge in [-0.1, -0.05) is 24.3 Å². The Morgan fingerprint density at radius 1 is 1.25 bits per heavy atom. The summed E-state index contributed by atoms with van der Waals surface area (Å²) in [6.07, 6.45) is -1.10. The molecule has 1 aromatic heterocycles. The molecule has 0 spiro atoms. The lowest BCUT2D eigenvalue weighted by molar-refractivity contribution is 0.149. The maximum Gasteiger partial charge on any atom is 0.242 e. The number of aromatic amines is 1. The van der Waals surface area contributed by atoms with Gasteiger partial charge in [-0.05, 0) is 11.1 Å². The summed E-state index contributed by atoms with van der Waals surface area (Å²) in [4.78, 5) is 0. The number of H-pyrrole nitrogens is 1. The second kappa shape index (κ2) is 4.30. The zero-order valence-electron chi connectivity index (χ0n) is 8.45. The first kappa shape index (κ1) is 10.6. The highest BCUT2D eigenvalue weighted by Crippen LogP contribution is 2.28. The Balaban J connectivity index is 2.44. The Kier molecular flexibility index (Phi) is 2.85. The van der Waals surface area contributed by atoms with Crippen LogP contribution in [0.2, 0.25) is 0 Å². The number of nitrogens with zero attached hydrogens (tertiary/aromatic N) is 1. The Labute approximate surface area is 91.3 Å². The van der Waals surface area contributed by atoms with E-state index < -0.39 is 6.43 Å². The second-order valence-corrected chi connectivity index (χ2v) is 3.45. The van der Waals surface area contributed by atoms with Crippen molar-refractivity contribution in [3.05, 3.63) is 36.0 Å². The molecule has 0 atom stereocenters. The Morgan fingerprint density at radius 3 is 2.62 bits per heavy atom. The average molecular weight is 223 g/mol. The average Bonchev–Trinajstić information content (AvgIpc) is 2.64. The van der Waals surface area contributed by atoms with Gasteiger partial charge in [0.05, 0.1) is 6.20 Å². The normalized spacial score (nSPS) is 10.9. The standard InChI is InChI=1S/C11H11F2N3/c12-10(13)5-7-3-1-2-4-8(7)9-6-15-16-11(9)14/h1-4,6,10H,5H2,(H3,14,15,16). The van der Waals surface area contributed by atoms with Gasteiger partial charge in [0.2, 0.25) is 6.43 Å². The molecule has 0 aliphatic rings. The van der Waals surface area contributed by atoms with Crippen molar-refractivity contribution < 1.29 is 8.78 Å². The van der Waals surface area contributed by atoms with Crippen molar-refractivity contribution in [2.45, 2.75) is 12.8 Å². The Hall–Kier alpha value is -1.91. The first-order valence-electron chi connectivity index (χ1n) is 4.83. The van der Waals surface area contributed by atoms with Gasteiger partial charge in [0, 0.05) is 12.0 Å². The van der Waals surface area contributed by atoms with Crippen molar-refractivity contribution in [3.8, 4) is 11.1 Å². The van der Waals surface area contributed by atoms with Crippen LogP contribution in [0.1, 0.15) is 5.56 Å². The number of halogens is 2. The molecule has 1 aromatic carbocycles. The first-order chi connectivity index (χ1) is 7.68. The van der Waals surface area contributed by atoms with E-state index in [1.165, 1.54) is 0 Å². The number of nitrogens with one attached hydrogen (secondary N) is 1. The molecule has 1 heterocycles. The van der Waals surface area contributed by atoms with Gasteiger partial charge in [0.15, 0.2) is 0 Å². The molecule has 3 N–H and O–H groups in total. The molecule has 0 aliphatic heterocycles. The van der Waals surface area contributed by atoms with E-state index in [0.717, 1.165) is 0 Å². The SMILES string of the molecule is Nc1[nH]ncc1-c1ccccc1CC(F)F. The smallest absolute Gasteiger partial charge is 0.242 e. The van der Waals surface area contributed by atoms with Crippen LogP contribution in [-0.4, -0.2) is 16.6 Å². The zero-order chi connectivity index (χ0) is 11.5. The molecule has 0 amide bonds. The molecule has 0 saturated heterocycles. The van der Waals surface area contributed by atoms with E-state index in [-0.39, 0.29) is 6.42 Å². The molecular formula is C11H11F2N3. The summed E-state index contributed by atoms with van der Waals surface area (Å²) in [5.74, 6) is 0.390. The molecule has 2 rings (SSSR count). The highest BCUT2D eigenvalue weighted by atomic mass is 19.3. The van der Waals surface area contributed by atoms with Crippen LogP contribution < -0.4 is 5.73 Å². The van der Waals surface area contributed by atoms with E-state index in [0.29, 0.717) is 22.5 Å². The third kappa shape index (κ3) is 2.03. The summed E-state index contributed by atoms with van der Waals surface area (Å²) in [6, 6.07) is 6.96. The van der Waals surface area contributed by atoms with Gasteiger partial charge in [0.25, 0.3) is 0 Å². The molecule has 0 bridgehead atoms. The maximum atomic E-state index is 12.4. The predicted octanol–water partition coefficient (Wildman–Crippen LogP) is 2.47. The molecule has 0 saturated carbocycles. The minimum atomic E-state index is -2.37. The summed E-state index contributed by atoms with van der Waals surface area (Å²) in [5, 5.41) is 6.37. The van der Waals surface area contributed by atoms with E-state index in [2.05, 4.69) is 10.2 Å². The van der Waals surface area contributed by atoms with Gasteiger partial charge in [-0.2, -0.15) is 5.10 Å². The van der Waals surface area contributed by atoms with E-state index in [9.17, 15) is 8.78 Å². The third-order valence-electron chi connectivity index (χ3n) is 2.35. The van der Waals surface area contributed by atoms with Crippen LogP contribution in [0, 0.1) is 0 Å². The fraction of sp³-hybridized carbons (Fsp3) is 0.182. The highest BCUT2D eigenvalue weighted by Gasteiger charge is 2.12. The molecule has 5 heteroatoms. The zero-order valence-corrected chi connectivity index (χ0v) is 8.45. The van der Waals surface area contributed by atoms with Crippen molar-refractivity contribution in [2.24, 2.45) is 0 Å². The van der Waals surface area contributed by atoms with Crippen molar-refractivity contribution >= 4 is 5.82 Å².